The molecule has 0 unspecified atom stereocenters. The average Bonchev–Trinajstić information content (AvgIpc) is 2.89. The zero-order valence-electron chi connectivity index (χ0n) is 13.8. The van der Waals surface area contributed by atoms with Crippen molar-refractivity contribution in [1.29, 1.82) is 0 Å². The molecule has 3 amide bonds. The molecule has 2 rings (SSSR count). The number of hydrogen-bond donors (Lipinski definition) is 1. The van der Waals surface area contributed by atoms with Crippen LogP contribution in [0, 0.1) is 0 Å². The first-order chi connectivity index (χ1) is 12.3. The molecule has 1 aliphatic rings. The van der Waals surface area contributed by atoms with Gasteiger partial charge in [-0.15, -0.1) is 0 Å². The van der Waals surface area contributed by atoms with Gasteiger partial charge in [0.1, 0.15) is 6.54 Å². The summed E-state index contributed by atoms with van der Waals surface area (Å²) in [4.78, 5) is 60.2. The van der Waals surface area contributed by atoms with Crippen molar-refractivity contribution in [1.82, 2.24) is 9.96 Å². The van der Waals surface area contributed by atoms with Gasteiger partial charge in [0.2, 0.25) is 0 Å². The number of rotatable bonds is 5. The van der Waals surface area contributed by atoms with Gasteiger partial charge in [0.05, 0.1) is 31.4 Å². The number of fused-ring (bicyclic) bond motifs is 1. The number of carbonyl (C=O) groups excluding carboxylic acids is 5. The Morgan fingerprint density at radius 2 is 1.62 bits per heavy atom. The Morgan fingerprint density at radius 1 is 1.08 bits per heavy atom. The Bertz CT molecular complexity index is 794. The SMILES string of the molecule is COC(=O)/C=C(/C(=O)OC)N(O)C(=O)CN1C(=O)c2ccccc2C1=O. The highest BCUT2D eigenvalue weighted by Gasteiger charge is 2.38. The van der Waals surface area contributed by atoms with Crippen molar-refractivity contribution in [2.45, 2.75) is 0 Å². The third-order valence-electron chi connectivity index (χ3n) is 3.49. The van der Waals surface area contributed by atoms with Crippen LogP contribution in [0.2, 0.25) is 0 Å². The fourth-order valence-electron chi connectivity index (χ4n) is 2.20. The first kappa shape index (κ1) is 18.8. The van der Waals surface area contributed by atoms with E-state index in [1.54, 1.807) is 12.1 Å². The molecule has 0 atom stereocenters. The lowest BCUT2D eigenvalue weighted by Crippen LogP contribution is -2.42. The van der Waals surface area contributed by atoms with Crippen molar-refractivity contribution in [3.05, 3.63) is 47.2 Å². The lowest BCUT2D eigenvalue weighted by atomic mass is 10.1. The first-order valence-corrected chi connectivity index (χ1v) is 7.16. The predicted octanol–water partition coefficient (Wildman–Crippen LogP) is -0.270. The highest BCUT2D eigenvalue weighted by Crippen LogP contribution is 2.22. The Balaban J connectivity index is 2.22. The Labute approximate surface area is 147 Å². The maximum Gasteiger partial charge on any atom is 0.357 e. The molecule has 1 N–H and O–H groups in total. The molecule has 1 aliphatic heterocycles. The van der Waals surface area contributed by atoms with Gasteiger partial charge in [-0.3, -0.25) is 24.5 Å². The number of hydroxylamine groups is 2. The van der Waals surface area contributed by atoms with E-state index < -0.39 is 41.9 Å². The van der Waals surface area contributed by atoms with Crippen molar-refractivity contribution in [3.63, 3.8) is 0 Å². The van der Waals surface area contributed by atoms with Crippen LogP contribution in [0.15, 0.2) is 36.0 Å². The van der Waals surface area contributed by atoms with Crippen LogP contribution in [0.5, 0.6) is 0 Å². The van der Waals surface area contributed by atoms with Gasteiger partial charge < -0.3 is 9.47 Å². The number of imide groups is 1. The van der Waals surface area contributed by atoms with E-state index in [4.69, 9.17) is 0 Å². The largest absolute Gasteiger partial charge is 0.466 e. The normalized spacial score (nSPS) is 13.3. The molecule has 0 fully saturated rings. The van der Waals surface area contributed by atoms with Gasteiger partial charge in [0.25, 0.3) is 17.7 Å². The molecular weight excluding hydrogens is 348 g/mol. The minimum Gasteiger partial charge on any atom is -0.466 e. The Hall–Kier alpha value is -3.53. The van der Waals surface area contributed by atoms with Gasteiger partial charge in [-0.25, -0.2) is 9.59 Å². The van der Waals surface area contributed by atoms with Crippen LogP contribution >= 0.6 is 0 Å². The van der Waals surface area contributed by atoms with E-state index in [-0.39, 0.29) is 16.2 Å². The van der Waals surface area contributed by atoms with Crippen LogP contribution in [0.3, 0.4) is 0 Å². The molecule has 26 heavy (non-hydrogen) atoms. The van der Waals surface area contributed by atoms with Crippen LogP contribution < -0.4 is 0 Å². The summed E-state index contributed by atoms with van der Waals surface area (Å²) in [6.07, 6.45) is 0.534. The van der Waals surface area contributed by atoms with E-state index >= 15 is 0 Å². The molecule has 0 saturated carbocycles. The van der Waals surface area contributed by atoms with Gasteiger partial charge in [-0.05, 0) is 12.1 Å². The minimum absolute atomic E-state index is 0.119. The zero-order chi connectivity index (χ0) is 19.4. The Morgan fingerprint density at radius 3 is 2.08 bits per heavy atom. The van der Waals surface area contributed by atoms with Crippen LogP contribution in [0.1, 0.15) is 20.7 Å². The molecule has 0 radical (unpaired) electrons. The van der Waals surface area contributed by atoms with E-state index in [9.17, 15) is 29.2 Å². The van der Waals surface area contributed by atoms with Crippen molar-refractivity contribution in [2.24, 2.45) is 0 Å². The topological polar surface area (TPSA) is 131 Å². The second kappa shape index (κ2) is 7.57. The van der Waals surface area contributed by atoms with E-state index in [0.717, 1.165) is 14.2 Å². The summed E-state index contributed by atoms with van der Waals surface area (Å²) >= 11 is 0. The summed E-state index contributed by atoms with van der Waals surface area (Å²) in [5.41, 5.74) is -0.595. The molecule has 0 aromatic heterocycles. The lowest BCUT2D eigenvalue weighted by Gasteiger charge is -2.19. The number of carbonyl (C=O) groups is 5. The van der Waals surface area contributed by atoms with E-state index in [1.807, 2.05) is 0 Å². The number of ether oxygens (including phenoxy) is 2. The second-order valence-corrected chi connectivity index (χ2v) is 4.99. The predicted molar refractivity (Wildman–Crippen MR) is 82.6 cm³/mol. The van der Waals surface area contributed by atoms with Crippen molar-refractivity contribution in [2.75, 3.05) is 20.8 Å². The summed E-state index contributed by atoms with van der Waals surface area (Å²) in [6, 6.07) is 5.96. The molecule has 0 aliphatic carbocycles. The minimum atomic E-state index is -1.21. The van der Waals surface area contributed by atoms with E-state index in [2.05, 4.69) is 9.47 Å². The standard InChI is InChI=1S/C16H14N2O8/c1-25-13(20)7-11(16(23)26-2)18(24)12(19)8-17-14(21)9-5-3-4-6-10(9)15(17)22/h3-7,24H,8H2,1-2H3/b11-7-. The summed E-state index contributed by atoms with van der Waals surface area (Å²) in [5.74, 6) is -4.88. The van der Waals surface area contributed by atoms with Crippen molar-refractivity contribution >= 4 is 29.7 Å². The molecule has 136 valence electrons. The summed E-state index contributed by atoms with van der Waals surface area (Å²) in [7, 11) is 1.99. The zero-order valence-corrected chi connectivity index (χ0v) is 13.8. The quantitative estimate of drug-likeness (QED) is 0.249. The number of benzene rings is 1. The summed E-state index contributed by atoms with van der Waals surface area (Å²) in [6.45, 7) is -0.849. The van der Waals surface area contributed by atoms with Gasteiger partial charge in [0.15, 0.2) is 5.70 Å². The van der Waals surface area contributed by atoms with Gasteiger partial charge in [0, 0.05) is 0 Å². The molecule has 0 saturated heterocycles. The molecule has 0 bridgehead atoms. The third-order valence-corrected chi connectivity index (χ3v) is 3.49. The van der Waals surface area contributed by atoms with E-state index in [1.165, 1.54) is 12.1 Å². The number of methoxy groups -OCH3 is 2. The summed E-state index contributed by atoms with van der Waals surface area (Å²) < 4.78 is 8.70. The van der Waals surface area contributed by atoms with Crippen molar-refractivity contribution < 1.29 is 38.7 Å². The fourth-order valence-corrected chi connectivity index (χ4v) is 2.20. The molecule has 1 aromatic rings. The maximum atomic E-state index is 12.2. The average molecular weight is 362 g/mol. The number of esters is 2. The smallest absolute Gasteiger partial charge is 0.357 e. The van der Waals surface area contributed by atoms with Crippen LogP contribution in [-0.4, -0.2) is 65.6 Å². The van der Waals surface area contributed by atoms with Gasteiger partial charge in [-0.2, -0.15) is 5.06 Å². The summed E-state index contributed by atoms with van der Waals surface area (Å²) in [5, 5.41) is 9.76. The molecule has 10 heteroatoms. The van der Waals surface area contributed by atoms with Crippen LogP contribution in [0.25, 0.3) is 0 Å². The fraction of sp³-hybridized carbons (Fsp3) is 0.188. The molecule has 1 heterocycles. The van der Waals surface area contributed by atoms with E-state index in [0.29, 0.717) is 11.0 Å². The van der Waals surface area contributed by atoms with Gasteiger partial charge >= 0.3 is 11.9 Å². The highest BCUT2D eigenvalue weighted by atomic mass is 16.6. The third kappa shape index (κ3) is 3.44. The molecule has 0 spiro atoms. The second-order valence-electron chi connectivity index (χ2n) is 4.99. The first-order valence-electron chi connectivity index (χ1n) is 7.16. The molecule has 10 nitrogen and oxygen atoms in total. The maximum absolute atomic E-state index is 12.2. The number of nitrogens with zero attached hydrogens (tertiary/aromatic N) is 2. The van der Waals surface area contributed by atoms with Crippen LogP contribution in [-0.2, 0) is 23.9 Å². The number of hydrogen-bond acceptors (Lipinski definition) is 8. The molecular formula is C16H14N2O8. The highest BCUT2D eigenvalue weighted by molar-refractivity contribution is 6.22. The lowest BCUT2D eigenvalue weighted by molar-refractivity contribution is -0.165. The Kier molecular flexibility index (Phi) is 5.48. The van der Waals surface area contributed by atoms with Gasteiger partial charge in [-0.1, -0.05) is 12.1 Å². The monoisotopic (exact) mass is 362 g/mol. The van der Waals surface area contributed by atoms with Crippen molar-refractivity contribution in [3.8, 4) is 0 Å². The number of amides is 3. The van der Waals surface area contributed by atoms with Crippen LogP contribution in [0.4, 0.5) is 0 Å². The molecule has 1 aromatic carbocycles.